The zero-order valence-corrected chi connectivity index (χ0v) is 13.8. The number of benzene rings is 1. The summed E-state index contributed by atoms with van der Waals surface area (Å²) in [7, 11) is 1.39. The molecule has 5 nitrogen and oxygen atoms in total. The fraction of sp³-hybridized carbons (Fsp3) is 0.529. The summed E-state index contributed by atoms with van der Waals surface area (Å²) >= 11 is 0. The van der Waals surface area contributed by atoms with Crippen LogP contribution in [0.4, 0.5) is 10.1 Å². The topological polar surface area (TPSA) is 58.6 Å². The van der Waals surface area contributed by atoms with Gasteiger partial charge in [-0.1, -0.05) is 6.92 Å². The summed E-state index contributed by atoms with van der Waals surface area (Å²) in [6, 6.07) is 4.31. The zero-order valence-electron chi connectivity index (χ0n) is 13.8. The number of likely N-dealkylation sites (tertiary alicyclic amines) is 1. The van der Waals surface area contributed by atoms with Gasteiger partial charge in [0.15, 0.2) is 11.6 Å². The number of anilines is 1. The lowest BCUT2D eigenvalue weighted by Crippen LogP contribution is -2.50. The number of carbonyl (C=O) groups is 2. The first-order valence-electron chi connectivity index (χ1n) is 7.82. The Morgan fingerprint density at radius 2 is 2.17 bits per heavy atom. The van der Waals surface area contributed by atoms with Crippen LogP contribution in [0, 0.1) is 11.2 Å². The highest BCUT2D eigenvalue weighted by atomic mass is 19.1. The fourth-order valence-electron chi connectivity index (χ4n) is 2.89. The molecule has 0 spiro atoms. The highest BCUT2D eigenvalue weighted by Crippen LogP contribution is 2.32. The van der Waals surface area contributed by atoms with Gasteiger partial charge in [-0.15, -0.1) is 0 Å². The van der Waals surface area contributed by atoms with Crippen molar-refractivity contribution in [2.45, 2.75) is 33.1 Å². The Morgan fingerprint density at radius 1 is 1.43 bits per heavy atom. The minimum absolute atomic E-state index is 0.0548. The largest absolute Gasteiger partial charge is 0.494 e. The van der Waals surface area contributed by atoms with Crippen molar-refractivity contribution in [2.75, 3.05) is 25.5 Å². The lowest BCUT2D eigenvalue weighted by Gasteiger charge is -2.39. The molecule has 0 radical (unpaired) electrons. The zero-order chi connectivity index (χ0) is 17.0. The molecule has 0 saturated carbocycles. The molecule has 2 amide bonds. The summed E-state index contributed by atoms with van der Waals surface area (Å²) in [4.78, 5) is 26.2. The quantitative estimate of drug-likeness (QED) is 0.927. The van der Waals surface area contributed by atoms with E-state index in [1.807, 2.05) is 13.8 Å². The number of nitrogens with zero attached hydrogens (tertiary/aromatic N) is 1. The van der Waals surface area contributed by atoms with E-state index in [0.29, 0.717) is 31.6 Å². The predicted molar refractivity (Wildman–Crippen MR) is 85.8 cm³/mol. The van der Waals surface area contributed by atoms with Crippen LogP contribution in [0.25, 0.3) is 0 Å². The van der Waals surface area contributed by atoms with E-state index in [1.165, 1.54) is 19.2 Å². The van der Waals surface area contributed by atoms with Gasteiger partial charge in [-0.2, -0.15) is 0 Å². The van der Waals surface area contributed by atoms with E-state index in [1.54, 1.807) is 11.0 Å². The Labute approximate surface area is 135 Å². The van der Waals surface area contributed by atoms with Crippen LogP contribution in [-0.4, -0.2) is 36.9 Å². The first-order valence-corrected chi connectivity index (χ1v) is 7.82. The average molecular weight is 322 g/mol. The summed E-state index contributed by atoms with van der Waals surface area (Å²) in [5.41, 5.74) is -0.284. The number of amides is 2. The van der Waals surface area contributed by atoms with Crippen molar-refractivity contribution < 1.29 is 18.7 Å². The second-order valence-corrected chi connectivity index (χ2v) is 6.14. The van der Waals surface area contributed by atoms with Crippen LogP contribution in [-0.2, 0) is 9.59 Å². The van der Waals surface area contributed by atoms with Crippen molar-refractivity contribution in [1.82, 2.24) is 4.90 Å². The van der Waals surface area contributed by atoms with E-state index < -0.39 is 11.2 Å². The van der Waals surface area contributed by atoms with Crippen LogP contribution < -0.4 is 10.1 Å². The van der Waals surface area contributed by atoms with Crippen LogP contribution in [0.2, 0.25) is 0 Å². The summed E-state index contributed by atoms with van der Waals surface area (Å²) in [6.07, 6.45) is 1.92. The number of hydrogen-bond donors (Lipinski definition) is 1. The van der Waals surface area contributed by atoms with Crippen molar-refractivity contribution in [1.29, 1.82) is 0 Å². The van der Waals surface area contributed by atoms with Gasteiger partial charge in [-0.05, 0) is 31.9 Å². The summed E-state index contributed by atoms with van der Waals surface area (Å²) in [6.45, 7) is 4.74. The van der Waals surface area contributed by atoms with Gasteiger partial charge in [-0.25, -0.2) is 4.39 Å². The highest BCUT2D eigenvalue weighted by Gasteiger charge is 2.39. The van der Waals surface area contributed by atoms with E-state index in [4.69, 9.17) is 4.74 Å². The third-order valence-corrected chi connectivity index (χ3v) is 4.31. The number of nitrogens with one attached hydrogen (secondary N) is 1. The Balaban J connectivity index is 2.09. The van der Waals surface area contributed by atoms with Gasteiger partial charge in [0.25, 0.3) is 0 Å². The van der Waals surface area contributed by atoms with Crippen molar-refractivity contribution >= 4 is 17.5 Å². The molecule has 1 aliphatic rings. The van der Waals surface area contributed by atoms with Crippen molar-refractivity contribution in [3.8, 4) is 5.75 Å². The van der Waals surface area contributed by atoms with Gasteiger partial charge in [0.2, 0.25) is 11.8 Å². The molecule has 1 fully saturated rings. The number of ether oxygens (including phenoxy) is 1. The monoisotopic (exact) mass is 322 g/mol. The highest BCUT2D eigenvalue weighted by molar-refractivity contribution is 5.95. The van der Waals surface area contributed by atoms with Crippen molar-refractivity contribution in [3.63, 3.8) is 0 Å². The summed E-state index contributed by atoms with van der Waals surface area (Å²) < 4.78 is 18.6. The molecule has 6 heteroatoms. The normalized spacial score (nSPS) is 21.0. The minimum Gasteiger partial charge on any atom is -0.494 e. The molecule has 126 valence electrons. The van der Waals surface area contributed by atoms with Gasteiger partial charge >= 0.3 is 0 Å². The Hall–Kier alpha value is -2.11. The molecule has 23 heavy (non-hydrogen) atoms. The third kappa shape index (κ3) is 3.81. The number of hydrogen-bond acceptors (Lipinski definition) is 3. The van der Waals surface area contributed by atoms with Gasteiger partial charge in [-0.3, -0.25) is 9.59 Å². The molecule has 1 unspecified atom stereocenters. The lowest BCUT2D eigenvalue weighted by molar-refractivity contribution is -0.138. The molecular formula is C17H23FN2O3. The van der Waals surface area contributed by atoms with Gasteiger partial charge in [0, 0.05) is 31.3 Å². The van der Waals surface area contributed by atoms with Crippen LogP contribution in [0.1, 0.15) is 33.1 Å². The number of carbonyl (C=O) groups excluding carboxylic acids is 2. The van der Waals surface area contributed by atoms with E-state index in [2.05, 4.69) is 5.32 Å². The van der Waals surface area contributed by atoms with Crippen LogP contribution >= 0.6 is 0 Å². The number of halogens is 1. The van der Waals surface area contributed by atoms with Crippen LogP contribution in [0.15, 0.2) is 18.2 Å². The van der Waals surface area contributed by atoms with Crippen LogP contribution in [0.3, 0.4) is 0 Å². The van der Waals surface area contributed by atoms with E-state index in [9.17, 15) is 14.0 Å². The molecule has 1 saturated heterocycles. The maximum Gasteiger partial charge on any atom is 0.232 e. The maximum absolute atomic E-state index is 13.7. The smallest absolute Gasteiger partial charge is 0.232 e. The number of piperidine rings is 1. The van der Waals surface area contributed by atoms with Crippen molar-refractivity contribution in [2.24, 2.45) is 5.41 Å². The minimum atomic E-state index is -0.667. The lowest BCUT2D eigenvalue weighted by atomic mass is 9.80. The predicted octanol–water partition coefficient (Wildman–Crippen LogP) is 2.81. The van der Waals surface area contributed by atoms with Crippen LogP contribution in [0.5, 0.6) is 5.75 Å². The SMILES string of the molecule is CCC(=O)N1CCCC(C)(C(=O)Nc2ccc(OC)c(F)c2)C1. The Bertz CT molecular complexity index is 606. The van der Waals surface area contributed by atoms with E-state index in [-0.39, 0.29) is 17.6 Å². The molecule has 0 bridgehead atoms. The van der Waals surface area contributed by atoms with Gasteiger partial charge in [0.05, 0.1) is 12.5 Å². The molecule has 1 aromatic carbocycles. The first kappa shape index (κ1) is 17.2. The molecule has 1 atom stereocenters. The third-order valence-electron chi connectivity index (χ3n) is 4.31. The molecule has 2 rings (SSSR count). The fourth-order valence-corrected chi connectivity index (χ4v) is 2.89. The summed E-state index contributed by atoms with van der Waals surface area (Å²) in [5.74, 6) is -0.539. The Kier molecular flexibility index (Phi) is 5.23. The maximum atomic E-state index is 13.7. The molecular weight excluding hydrogens is 299 g/mol. The second-order valence-electron chi connectivity index (χ2n) is 6.14. The molecule has 1 heterocycles. The average Bonchev–Trinajstić information content (AvgIpc) is 2.54. The van der Waals surface area contributed by atoms with Gasteiger partial charge < -0.3 is 15.0 Å². The van der Waals surface area contributed by atoms with Gasteiger partial charge in [0.1, 0.15) is 0 Å². The first-order chi connectivity index (χ1) is 10.9. The van der Waals surface area contributed by atoms with Crippen molar-refractivity contribution in [3.05, 3.63) is 24.0 Å². The molecule has 1 aromatic rings. The number of methoxy groups -OCH3 is 1. The Morgan fingerprint density at radius 3 is 2.78 bits per heavy atom. The van der Waals surface area contributed by atoms with E-state index >= 15 is 0 Å². The number of rotatable bonds is 4. The second kappa shape index (κ2) is 6.98. The molecule has 1 aliphatic heterocycles. The van der Waals surface area contributed by atoms with E-state index in [0.717, 1.165) is 6.42 Å². The molecule has 0 aromatic heterocycles. The molecule has 0 aliphatic carbocycles. The molecule has 1 N–H and O–H groups in total. The standard InChI is InChI=1S/C17H23FN2O3/c1-4-15(21)20-9-5-8-17(2,11-20)16(22)19-12-6-7-14(23-3)13(18)10-12/h6-7,10H,4-5,8-9,11H2,1-3H3,(H,19,22). The summed E-state index contributed by atoms with van der Waals surface area (Å²) in [5, 5.41) is 2.75.